The van der Waals surface area contributed by atoms with Crippen molar-refractivity contribution < 1.29 is 4.79 Å². The fourth-order valence-corrected chi connectivity index (χ4v) is 2.31. The first-order valence-electron chi connectivity index (χ1n) is 6.04. The van der Waals surface area contributed by atoms with Gasteiger partial charge >= 0.3 is 6.03 Å². The molecule has 0 spiro atoms. The van der Waals surface area contributed by atoms with Crippen LogP contribution in [0.5, 0.6) is 0 Å². The van der Waals surface area contributed by atoms with Crippen LogP contribution in [0, 0.1) is 0 Å². The largest absolute Gasteiger partial charge is 0.323 e. The molecule has 1 saturated heterocycles. The first kappa shape index (κ1) is 13.2. The normalized spacial score (nSPS) is 19.3. The van der Waals surface area contributed by atoms with Gasteiger partial charge in [0.15, 0.2) is 0 Å². The van der Waals surface area contributed by atoms with Crippen molar-refractivity contribution in [3.63, 3.8) is 0 Å². The molecule has 1 heterocycles. The van der Waals surface area contributed by atoms with Crippen molar-refractivity contribution in [1.29, 1.82) is 0 Å². The maximum Gasteiger partial charge on any atom is 0.321 e. The molecule has 1 N–H and O–H groups in total. The maximum absolute atomic E-state index is 12.0. The van der Waals surface area contributed by atoms with Gasteiger partial charge in [0.1, 0.15) is 0 Å². The number of likely N-dealkylation sites (tertiary alicyclic amines) is 1. The Labute approximate surface area is 113 Å². The number of hydrogen-bond donors (Lipinski definition) is 1. The molecule has 1 aromatic carbocycles. The van der Waals surface area contributed by atoms with E-state index < -0.39 is 0 Å². The van der Waals surface area contributed by atoms with Crippen molar-refractivity contribution >= 4 is 23.3 Å². The van der Waals surface area contributed by atoms with Crippen LogP contribution in [-0.4, -0.2) is 49.1 Å². The number of rotatable bonds is 2. The molecule has 98 valence electrons. The third-order valence-electron chi connectivity index (χ3n) is 3.26. The molecule has 1 atom stereocenters. The molecular weight excluding hydrogens is 250 g/mol. The lowest BCUT2D eigenvalue weighted by molar-refractivity contribution is 0.216. The van der Waals surface area contributed by atoms with Crippen molar-refractivity contribution in [1.82, 2.24) is 9.80 Å². The van der Waals surface area contributed by atoms with E-state index in [1.807, 2.05) is 31.1 Å². The van der Waals surface area contributed by atoms with Crippen LogP contribution in [0.25, 0.3) is 0 Å². The Morgan fingerprint density at radius 1 is 1.50 bits per heavy atom. The molecule has 2 rings (SSSR count). The van der Waals surface area contributed by atoms with Gasteiger partial charge in [-0.1, -0.05) is 17.7 Å². The molecule has 0 radical (unpaired) electrons. The Hall–Kier alpha value is -1.26. The molecule has 5 heteroatoms. The Morgan fingerprint density at radius 2 is 2.28 bits per heavy atom. The second-order valence-corrected chi connectivity index (χ2v) is 5.23. The van der Waals surface area contributed by atoms with Gasteiger partial charge in [0, 0.05) is 29.8 Å². The molecule has 1 fully saturated rings. The average molecular weight is 268 g/mol. The summed E-state index contributed by atoms with van der Waals surface area (Å²) in [5, 5.41) is 3.49. The minimum absolute atomic E-state index is 0.0541. The summed E-state index contributed by atoms with van der Waals surface area (Å²) in [6.07, 6.45) is 1.02. The van der Waals surface area contributed by atoms with Crippen LogP contribution in [-0.2, 0) is 0 Å². The van der Waals surface area contributed by atoms with Crippen molar-refractivity contribution in [2.75, 3.05) is 32.5 Å². The number of carbonyl (C=O) groups is 1. The zero-order valence-electron chi connectivity index (χ0n) is 10.7. The van der Waals surface area contributed by atoms with Crippen LogP contribution in [0.4, 0.5) is 10.5 Å². The second kappa shape index (κ2) is 5.59. The number of halogens is 1. The van der Waals surface area contributed by atoms with E-state index >= 15 is 0 Å². The van der Waals surface area contributed by atoms with E-state index in [4.69, 9.17) is 11.6 Å². The van der Waals surface area contributed by atoms with Gasteiger partial charge in [-0.3, -0.25) is 0 Å². The van der Waals surface area contributed by atoms with E-state index in [-0.39, 0.29) is 6.03 Å². The summed E-state index contributed by atoms with van der Waals surface area (Å²) in [6, 6.07) is 7.60. The SMILES string of the molecule is CN(C)C1CCN(C(=O)Nc2cccc(Cl)c2)C1. The van der Waals surface area contributed by atoms with Crippen LogP contribution < -0.4 is 5.32 Å². The Kier molecular flexibility index (Phi) is 4.09. The number of benzene rings is 1. The van der Waals surface area contributed by atoms with Crippen molar-refractivity contribution in [2.24, 2.45) is 0 Å². The van der Waals surface area contributed by atoms with E-state index in [9.17, 15) is 4.79 Å². The summed E-state index contributed by atoms with van der Waals surface area (Å²) in [4.78, 5) is 16.0. The second-order valence-electron chi connectivity index (χ2n) is 4.79. The summed E-state index contributed by atoms with van der Waals surface area (Å²) in [7, 11) is 4.09. The van der Waals surface area contributed by atoms with E-state index in [1.54, 1.807) is 12.1 Å². The molecule has 1 aliphatic heterocycles. The standard InChI is InChI=1S/C13H18ClN3O/c1-16(2)12-6-7-17(9-12)13(18)15-11-5-3-4-10(14)8-11/h3-5,8,12H,6-7,9H2,1-2H3,(H,15,18). The highest BCUT2D eigenvalue weighted by Gasteiger charge is 2.27. The van der Waals surface area contributed by atoms with Crippen molar-refractivity contribution in [3.05, 3.63) is 29.3 Å². The van der Waals surface area contributed by atoms with Crippen molar-refractivity contribution in [2.45, 2.75) is 12.5 Å². The third-order valence-corrected chi connectivity index (χ3v) is 3.49. The number of anilines is 1. The highest BCUT2D eigenvalue weighted by Crippen LogP contribution is 2.18. The number of carbonyl (C=O) groups excluding carboxylic acids is 1. The third kappa shape index (κ3) is 3.15. The lowest BCUT2D eigenvalue weighted by Gasteiger charge is -2.20. The van der Waals surface area contributed by atoms with Gasteiger partial charge in [-0.25, -0.2) is 4.79 Å². The molecular formula is C13H18ClN3O. The van der Waals surface area contributed by atoms with E-state index in [1.165, 1.54) is 0 Å². The van der Waals surface area contributed by atoms with Crippen LogP contribution in [0.3, 0.4) is 0 Å². The van der Waals surface area contributed by atoms with Crippen LogP contribution in [0.15, 0.2) is 24.3 Å². The zero-order valence-corrected chi connectivity index (χ0v) is 11.4. The van der Waals surface area contributed by atoms with Crippen molar-refractivity contribution in [3.8, 4) is 0 Å². The van der Waals surface area contributed by atoms with Gasteiger partial charge in [0.05, 0.1) is 0 Å². The van der Waals surface area contributed by atoms with E-state index in [0.717, 1.165) is 25.2 Å². The van der Waals surface area contributed by atoms with Gasteiger partial charge in [-0.05, 0) is 38.7 Å². The number of hydrogen-bond acceptors (Lipinski definition) is 2. The van der Waals surface area contributed by atoms with Crippen LogP contribution in [0.1, 0.15) is 6.42 Å². The van der Waals surface area contributed by atoms with E-state index in [0.29, 0.717) is 11.1 Å². The highest BCUT2D eigenvalue weighted by atomic mass is 35.5. The Bertz CT molecular complexity index is 436. The maximum atomic E-state index is 12.0. The molecule has 0 aliphatic carbocycles. The summed E-state index contributed by atoms with van der Waals surface area (Å²) in [5.74, 6) is 0. The number of nitrogens with zero attached hydrogens (tertiary/aromatic N) is 2. The number of amides is 2. The van der Waals surface area contributed by atoms with Gasteiger partial charge in [-0.2, -0.15) is 0 Å². The smallest absolute Gasteiger partial charge is 0.321 e. The van der Waals surface area contributed by atoms with Gasteiger partial charge < -0.3 is 15.1 Å². The predicted octanol–water partition coefficient (Wildman–Crippen LogP) is 2.51. The van der Waals surface area contributed by atoms with Crippen LogP contribution >= 0.6 is 11.6 Å². The summed E-state index contributed by atoms with van der Waals surface area (Å²) in [6.45, 7) is 1.58. The topological polar surface area (TPSA) is 35.6 Å². The molecule has 4 nitrogen and oxygen atoms in total. The highest BCUT2D eigenvalue weighted by molar-refractivity contribution is 6.30. The zero-order chi connectivity index (χ0) is 13.1. The minimum atomic E-state index is -0.0541. The molecule has 2 amide bonds. The number of urea groups is 1. The van der Waals surface area contributed by atoms with E-state index in [2.05, 4.69) is 10.2 Å². The number of nitrogens with one attached hydrogen (secondary N) is 1. The van der Waals surface area contributed by atoms with Gasteiger partial charge in [0.2, 0.25) is 0 Å². The Balaban J connectivity index is 1.93. The lowest BCUT2D eigenvalue weighted by atomic mass is 10.2. The first-order valence-corrected chi connectivity index (χ1v) is 6.42. The molecule has 1 unspecified atom stereocenters. The number of likely N-dealkylation sites (N-methyl/N-ethyl adjacent to an activating group) is 1. The predicted molar refractivity (Wildman–Crippen MR) is 74.1 cm³/mol. The summed E-state index contributed by atoms with van der Waals surface area (Å²) >= 11 is 5.88. The fraction of sp³-hybridized carbons (Fsp3) is 0.462. The quantitative estimate of drug-likeness (QED) is 0.894. The lowest BCUT2D eigenvalue weighted by Crippen LogP contribution is -2.36. The first-order chi connectivity index (χ1) is 8.56. The monoisotopic (exact) mass is 267 g/mol. The summed E-state index contributed by atoms with van der Waals surface area (Å²) in [5.41, 5.74) is 0.737. The molecule has 0 saturated carbocycles. The summed E-state index contributed by atoms with van der Waals surface area (Å²) < 4.78 is 0. The molecule has 0 bridgehead atoms. The molecule has 1 aromatic rings. The van der Waals surface area contributed by atoms with Gasteiger partial charge in [0.25, 0.3) is 0 Å². The molecule has 1 aliphatic rings. The van der Waals surface area contributed by atoms with Crippen LogP contribution in [0.2, 0.25) is 5.02 Å². The average Bonchev–Trinajstić information content (AvgIpc) is 2.78. The molecule has 18 heavy (non-hydrogen) atoms. The minimum Gasteiger partial charge on any atom is -0.323 e. The molecule has 0 aromatic heterocycles. The van der Waals surface area contributed by atoms with Gasteiger partial charge in [-0.15, -0.1) is 0 Å². The fourth-order valence-electron chi connectivity index (χ4n) is 2.12. The Morgan fingerprint density at radius 3 is 2.89 bits per heavy atom.